The summed E-state index contributed by atoms with van der Waals surface area (Å²) < 4.78 is 11.8. The normalized spacial score (nSPS) is 19.5. The van der Waals surface area contributed by atoms with Gasteiger partial charge in [-0.1, -0.05) is 25.8 Å². The van der Waals surface area contributed by atoms with Crippen LogP contribution in [0.4, 0.5) is 5.69 Å². The molecule has 1 aliphatic carbocycles. The number of fused-ring (bicyclic) bond motifs is 2. The molecular formula is C28H36N2O3. The van der Waals surface area contributed by atoms with Crippen LogP contribution in [0.3, 0.4) is 0 Å². The molecule has 0 radical (unpaired) electrons. The molecule has 1 saturated heterocycles. The van der Waals surface area contributed by atoms with Gasteiger partial charge in [0, 0.05) is 42.9 Å². The standard InChI is InChI=1S/C28H36N2O3/c1-2-3-4-7-22-21-8-5-6-9-26(21)33-27(22)19-24-23-18-20(10-11-25(23)29-28(24)31)12-13-30-14-16-32-17-15-30/h10-11,18-19H,2-9,12-17H2,1H3,(H,29,31). The van der Waals surface area contributed by atoms with Crippen LogP contribution in [0.5, 0.6) is 0 Å². The summed E-state index contributed by atoms with van der Waals surface area (Å²) in [6, 6.07) is 6.39. The van der Waals surface area contributed by atoms with Gasteiger partial charge in [-0.2, -0.15) is 0 Å². The third kappa shape index (κ3) is 4.95. The van der Waals surface area contributed by atoms with Gasteiger partial charge < -0.3 is 14.5 Å². The summed E-state index contributed by atoms with van der Waals surface area (Å²) >= 11 is 0. The smallest absolute Gasteiger partial charge is 0.256 e. The largest absolute Gasteiger partial charge is 0.461 e. The molecule has 5 rings (SSSR count). The van der Waals surface area contributed by atoms with Gasteiger partial charge in [0.25, 0.3) is 5.91 Å². The lowest BCUT2D eigenvalue weighted by Gasteiger charge is -2.26. The maximum absolute atomic E-state index is 12.9. The zero-order valence-corrected chi connectivity index (χ0v) is 19.9. The van der Waals surface area contributed by atoms with Gasteiger partial charge in [0.15, 0.2) is 0 Å². The molecule has 3 aliphatic rings. The van der Waals surface area contributed by atoms with Crippen molar-refractivity contribution in [3.63, 3.8) is 0 Å². The number of rotatable bonds is 8. The average Bonchev–Trinajstić information content (AvgIpc) is 3.35. The van der Waals surface area contributed by atoms with Gasteiger partial charge in [-0.3, -0.25) is 9.69 Å². The van der Waals surface area contributed by atoms with Crippen LogP contribution >= 0.6 is 0 Å². The van der Waals surface area contributed by atoms with E-state index < -0.39 is 0 Å². The number of carbonyl (C=O) groups excluding carboxylic acids is 1. The Labute approximate surface area is 197 Å². The van der Waals surface area contributed by atoms with Gasteiger partial charge in [-0.25, -0.2) is 0 Å². The number of amides is 1. The molecule has 1 N–H and O–H groups in total. The molecule has 0 unspecified atom stereocenters. The Balaban J connectivity index is 1.41. The minimum absolute atomic E-state index is 0.0239. The second kappa shape index (κ2) is 10.3. The molecule has 0 bridgehead atoms. The van der Waals surface area contributed by atoms with Crippen molar-refractivity contribution in [1.29, 1.82) is 0 Å². The number of furan rings is 1. The van der Waals surface area contributed by atoms with Crippen LogP contribution in [-0.4, -0.2) is 43.7 Å². The van der Waals surface area contributed by atoms with E-state index in [0.29, 0.717) is 0 Å². The van der Waals surface area contributed by atoms with Crippen molar-refractivity contribution in [3.8, 4) is 0 Å². The van der Waals surface area contributed by atoms with Crippen LogP contribution in [0.1, 0.15) is 72.8 Å². The summed E-state index contributed by atoms with van der Waals surface area (Å²) in [5, 5.41) is 3.06. The van der Waals surface area contributed by atoms with E-state index in [2.05, 4.69) is 35.3 Å². The van der Waals surface area contributed by atoms with Crippen LogP contribution < -0.4 is 5.32 Å². The van der Waals surface area contributed by atoms with Crippen LogP contribution in [0.15, 0.2) is 22.6 Å². The first kappa shape index (κ1) is 22.4. The molecule has 0 saturated carbocycles. The summed E-state index contributed by atoms with van der Waals surface area (Å²) in [5.41, 5.74) is 6.68. The highest BCUT2D eigenvalue weighted by Gasteiger charge is 2.27. The molecular weight excluding hydrogens is 412 g/mol. The van der Waals surface area contributed by atoms with Gasteiger partial charge in [-0.05, 0) is 67.9 Å². The molecule has 5 heteroatoms. The van der Waals surface area contributed by atoms with E-state index in [4.69, 9.17) is 9.15 Å². The van der Waals surface area contributed by atoms with Gasteiger partial charge in [-0.15, -0.1) is 0 Å². The Hall–Kier alpha value is -2.37. The predicted molar refractivity (Wildman–Crippen MR) is 132 cm³/mol. The molecule has 5 nitrogen and oxygen atoms in total. The van der Waals surface area contributed by atoms with Crippen LogP contribution in [0.2, 0.25) is 0 Å². The number of nitrogens with zero attached hydrogens (tertiary/aromatic N) is 1. The molecule has 1 aromatic heterocycles. The Bertz CT molecular complexity index is 1030. The topological polar surface area (TPSA) is 54.7 Å². The Morgan fingerprint density at radius 1 is 1.09 bits per heavy atom. The lowest BCUT2D eigenvalue weighted by Crippen LogP contribution is -2.37. The van der Waals surface area contributed by atoms with Crippen molar-refractivity contribution in [2.45, 2.75) is 64.7 Å². The lowest BCUT2D eigenvalue weighted by atomic mass is 9.91. The maximum Gasteiger partial charge on any atom is 0.256 e. The summed E-state index contributed by atoms with van der Waals surface area (Å²) in [6.45, 7) is 6.91. The van der Waals surface area contributed by atoms with Crippen molar-refractivity contribution >= 4 is 23.2 Å². The SMILES string of the molecule is CCCCCc1c(C=C2C(=O)Nc3ccc(CCN4CCOCC4)cc32)oc2c1CCCC2. The number of ether oxygens (including phenoxy) is 1. The Kier molecular flexibility index (Phi) is 6.98. The fourth-order valence-electron chi connectivity index (χ4n) is 5.37. The monoisotopic (exact) mass is 448 g/mol. The second-order valence-corrected chi connectivity index (χ2v) is 9.61. The molecule has 0 atom stereocenters. The number of morpholine rings is 1. The number of benzene rings is 1. The molecule has 3 heterocycles. The van der Waals surface area contributed by atoms with Crippen LogP contribution in [0.25, 0.3) is 11.6 Å². The van der Waals surface area contributed by atoms with E-state index in [-0.39, 0.29) is 5.91 Å². The number of nitrogens with one attached hydrogen (secondary N) is 1. The molecule has 1 aromatic carbocycles. The number of anilines is 1. The minimum atomic E-state index is -0.0239. The first-order valence-electron chi connectivity index (χ1n) is 12.8. The Morgan fingerprint density at radius 3 is 2.79 bits per heavy atom. The van der Waals surface area contributed by atoms with Crippen molar-refractivity contribution in [3.05, 3.63) is 52.0 Å². The van der Waals surface area contributed by atoms with E-state index in [1.807, 2.05) is 6.08 Å². The third-order valence-corrected chi connectivity index (χ3v) is 7.31. The fourth-order valence-corrected chi connectivity index (χ4v) is 5.37. The molecule has 176 valence electrons. The van der Waals surface area contributed by atoms with Crippen LogP contribution in [-0.2, 0) is 35.2 Å². The highest BCUT2D eigenvalue weighted by molar-refractivity contribution is 6.34. The van der Waals surface area contributed by atoms with Gasteiger partial charge in [0.2, 0.25) is 0 Å². The highest BCUT2D eigenvalue weighted by Crippen LogP contribution is 2.37. The van der Waals surface area contributed by atoms with E-state index >= 15 is 0 Å². The molecule has 1 fully saturated rings. The van der Waals surface area contributed by atoms with Gasteiger partial charge in [0.05, 0.1) is 18.8 Å². The van der Waals surface area contributed by atoms with E-state index in [1.54, 1.807) is 0 Å². The third-order valence-electron chi connectivity index (χ3n) is 7.31. The van der Waals surface area contributed by atoms with Gasteiger partial charge in [0.1, 0.15) is 11.5 Å². The number of hydrogen-bond acceptors (Lipinski definition) is 4. The van der Waals surface area contributed by atoms with E-state index in [1.165, 1.54) is 48.8 Å². The lowest BCUT2D eigenvalue weighted by molar-refractivity contribution is -0.110. The minimum Gasteiger partial charge on any atom is -0.461 e. The van der Waals surface area contributed by atoms with Crippen molar-refractivity contribution in [2.75, 3.05) is 38.2 Å². The fraction of sp³-hybridized carbons (Fsp3) is 0.536. The van der Waals surface area contributed by atoms with Crippen molar-refractivity contribution in [2.24, 2.45) is 0 Å². The molecule has 2 aliphatic heterocycles. The summed E-state index contributed by atoms with van der Waals surface area (Å²) in [5.74, 6) is 2.04. The highest BCUT2D eigenvalue weighted by atomic mass is 16.5. The zero-order valence-electron chi connectivity index (χ0n) is 19.9. The van der Waals surface area contributed by atoms with E-state index in [9.17, 15) is 4.79 Å². The Morgan fingerprint density at radius 2 is 1.94 bits per heavy atom. The maximum atomic E-state index is 12.9. The second-order valence-electron chi connectivity index (χ2n) is 9.61. The first-order valence-corrected chi connectivity index (χ1v) is 12.8. The van der Waals surface area contributed by atoms with Crippen molar-refractivity contribution in [1.82, 2.24) is 4.90 Å². The molecule has 33 heavy (non-hydrogen) atoms. The average molecular weight is 449 g/mol. The predicted octanol–water partition coefficient (Wildman–Crippen LogP) is 5.26. The molecule has 0 spiro atoms. The summed E-state index contributed by atoms with van der Waals surface area (Å²) in [7, 11) is 0. The first-order chi connectivity index (χ1) is 16.2. The van der Waals surface area contributed by atoms with Crippen molar-refractivity contribution < 1.29 is 13.9 Å². The quantitative estimate of drug-likeness (QED) is 0.442. The molecule has 1 amide bonds. The van der Waals surface area contributed by atoms with E-state index in [0.717, 1.165) is 86.9 Å². The number of unbranched alkanes of at least 4 members (excludes halogenated alkanes) is 2. The van der Waals surface area contributed by atoms with Crippen LogP contribution in [0, 0.1) is 0 Å². The zero-order chi connectivity index (χ0) is 22.6. The summed E-state index contributed by atoms with van der Waals surface area (Å²) in [6.07, 6.45) is 12.2. The number of carbonyl (C=O) groups is 1. The molecule has 2 aromatic rings. The summed E-state index contributed by atoms with van der Waals surface area (Å²) in [4.78, 5) is 15.4. The van der Waals surface area contributed by atoms with Gasteiger partial charge >= 0.3 is 0 Å². The number of aryl methyl sites for hydroxylation is 1. The number of hydrogen-bond donors (Lipinski definition) is 1.